The topological polar surface area (TPSA) is 54.0 Å². The Morgan fingerprint density at radius 1 is 1.32 bits per heavy atom. The summed E-state index contributed by atoms with van der Waals surface area (Å²) in [6, 6.07) is 11.3. The molecule has 0 saturated carbocycles. The predicted octanol–water partition coefficient (Wildman–Crippen LogP) is 2.82. The highest BCUT2D eigenvalue weighted by atomic mass is 79.9. The van der Waals surface area contributed by atoms with E-state index in [4.69, 9.17) is 0 Å². The molecule has 0 aliphatic carbocycles. The van der Waals surface area contributed by atoms with Gasteiger partial charge in [-0.25, -0.2) is 4.98 Å². The number of hydrogen-bond acceptors (Lipinski definition) is 3. The van der Waals surface area contributed by atoms with Crippen LogP contribution in [0, 0.1) is 0 Å². The molecule has 0 radical (unpaired) electrons. The van der Waals surface area contributed by atoms with E-state index in [-0.39, 0.29) is 5.91 Å². The molecule has 19 heavy (non-hydrogen) atoms. The highest BCUT2D eigenvalue weighted by Crippen LogP contribution is 2.12. The second kappa shape index (κ2) is 6.33. The van der Waals surface area contributed by atoms with Crippen LogP contribution in [0.2, 0.25) is 0 Å². The lowest BCUT2D eigenvalue weighted by Crippen LogP contribution is -2.18. The quantitative estimate of drug-likeness (QED) is 0.911. The number of amides is 1. The molecular weight excluding hydrogens is 306 g/mol. The first kappa shape index (κ1) is 13.5. The molecule has 0 unspecified atom stereocenters. The van der Waals surface area contributed by atoms with Crippen LogP contribution in [0.3, 0.4) is 0 Å². The van der Waals surface area contributed by atoms with Gasteiger partial charge in [0.15, 0.2) is 0 Å². The Balaban J connectivity index is 2.03. The first-order valence-electron chi connectivity index (χ1n) is 5.85. The molecular formula is C14H14BrN3O. The van der Waals surface area contributed by atoms with Crippen molar-refractivity contribution in [3.05, 3.63) is 58.2 Å². The molecule has 0 saturated heterocycles. The molecule has 98 valence electrons. The van der Waals surface area contributed by atoms with Crippen LogP contribution < -0.4 is 10.6 Å². The van der Waals surface area contributed by atoms with Gasteiger partial charge in [0.05, 0.1) is 0 Å². The molecule has 2 N–H and O–H groups in total. The Bertz CT molecular complexity index is 569. The maximum Gasteiger partial charge on any atom is 0.251 e. The van der Waals surface area contributed by atoms with Crippen molar-refractivity contribution >= 4 is 27.7 Å². The van der Waals surface area contributed by atoms with E-state index in [9.17, 15) is 4.79 Å². The average Bonchev–Trinajstić information content (AvgIpc) is 2.46. The summed E-state index contributed by atoms with van der Waals surface area (Å²) < 4.78 is 0.944. The highest BCUT2D eigenvalue weighted by Gasteiger charge is 2.03. The summed E-state index contributed by atoms with van der Waals surface area (Å²) in [5.74, 6) is 0.720. The van der Waals surface area contributed by atoms with Gasteiger partial charge in [0.2, 0.25) is 0 Å². The molecule has 0 fully saturated rings. The number of carbonyl (C=O) groups excluding carboxylic acids is 1. The lowest BCUT2D eigenvalue weighted by atomic mass is 10.1. The molecule has 1 heterocycles. The Labute approximate surface area is 120 Å². The fourth-order valence-corrected chi connectivity index (χ4v) is 1.87. The fraction of sp³-hybridized carbons (Fsp3) is 0.143. The zero-order valence-corrected chi connectivity index (χ0v) is 12.1. The number of carbonyl (C=O) groups is 1. The van der Waals surface area contributed by atoms with Gasteiger partial charge in [-0.05, 0) is 45.8 Å². The van der Waals surface area contributed by atoms with Gasteiger partial charge >= 0.3 is 0 Å². The summed E-state index contributed by atoms with van der Waals surface area (Å²) in [7, 11) is 1.62. The summed E-state index contributed by atoms with van der Waals surface area (Å²) in [5, 5.41) is 5.82. The second-order valence-corrected chi connectivity index (χ2v) is 4.91. The maximum atomic E-state index is 11.5. The number of hydrogen-bond donors (Lipinski definition) is 2. The number of rotatable bonds is 4. The van der Waals surface area contributed by atoms with Crippen molar-refractivity contribution in [3.8, 4) is 0 Å². The minimum absolute atomic E-state index is 0.0800. The highest BCUT2D eigenvalue weighted by molar-refractivity contribution is 9.10. The number of benzene rings is 1. The Kier molecular flexibility index (Phi) is 4.52. The van der Waals surface area contributed by atoms with Crippen molar-refractivity contribution < 1.29 is 4.79 Å². The van der Waals surface area contributed by atoms with E-state index in [1.807, 2.05) is 30.3 Å². The Hall–Kier alpha value is -1.88. The Morgan fingerprint density at radius 2 is 2.16 bits per heavy atom. The molecule has 0 spiro atoms. The molecule has 4 nitrogen and oxygen atoms in total. The monoisotopic (exact) mass is 319 g/mol. The van der Waals surface area contributed by atoms with Gasteiger partial charge in [0, 0.05) is 29.8 Å². The lowest BCUT2D eigenvalue weighted by Gasteiger charge is -2.07. The van der Waals surface area contributed by atoms with E-state index in [0.717, 1.165) is 15.9 Å². The van der Waals surface area contributed by atoms with Gasteiger partial charge in [0.1, 0.15) is 5.82 Å². The van der Waals surface area contributed by atoms with Crippen LogP contribution in [0.15, 0.2) is 47.1 Å². The summed E-state index contributed by atoms with van der Waals surface area (Å²) in [5.41, 5.74) is 1.69. The molecule has 1 amide bonds. The fourth-order valence-electron chi connectivity index (χ4n) is 1.64. The first-order valence-corrected chi connectivity index (χ1v) is 6.65. The van der Waals surface area contributed by atoms with Gasteiger partial charge in [-0.15, -0.1) is 0 Å². The predicted molar refractivity (Wildman–Crippen MR) is 79.1 cm³/mol. The van der Waals surface area contributed by atoms with Crippen LogP contribution in [-0.4, -0.2) is 17.9 Å². The third-order valence-electron chi connectivity index (χ3n) is 2.62. The molecule has 0 aliphatic heterocycles. The second-order valence-electron chi connectivity index (χ2n) is 3.99. The van der Waals surface area contributed by atoms with Crippen molar-refractivity contribution in [1.82, 2.24) is 10.3 Å². The third kappa shape index (κ3) is 3.79. The number of halogens is 1. The van der Waals surface area contributed by atoms with Crippen LogP contribution in [0.5, 0.6) is 0 Å². The van der Waals surface area contributed by atoms with Crippen molar-refractivity contribution in [2.75, 3.05) is 12.4 Å². The van der Waals surface area contributed by atoms with E-state index >= 15 is 0 Å². The van der Waals surface area contributed by atoms with Crippen LogP contribution in [0.4, 0.5) is 5.82 Å². The summed E-state index contributed by atoms with van der Waals surface area (Å²) in [4.78, 5) is 15.8. The van der Waals surface area contributed by atoms with Gasteiger partial charge in [0.25, 0.3) is 5.91 Å². The lowest BCUT2D eigenvalue weighted by molar-refractivity contribution is 0.0963. The molecule has 0 aliphatic rings. The smallest absolute Gasteiger partial charge is 0.251 e. The number of anilines is 1. The van der Waals surface area contributed by atoms with Gasteiger partial charge in [-0.1, -0.05) is 12.1 Å². The molecule has 1 aromatic carbocycles. The summed E-state index contributed by atoms with van der Waals surface area (Å²) in [6.45, 7) is 0.624. The van der Waals surface area contributed by atoms with Crippen molar-refractivity contribution in [3.63, 3.8) is 0 Å². The molecule has 0 atom stereocenters. The molecule has 0 bridgehead atoms. The molecule has 2 aromatic rings. The zero-order chi connectivity index (χ0) is 13.7. The third-order valence-corrected chi connectivity index (χ3v) is 3.09. The number of pyridine rings is 1. The number of aromatic nitrogens is 1. The van der Waals surface area contributed by atoms with Crippen LogP contribution in [0.1, 0.15) is 15.9 Å². The minimum Gasteiger partial charge on any atom is -0.366 e. The van der Waals surface area contributed by atoms with Crippen LogP contribution >= 0.6 is 15.9 Å². The molecule has 5 heteroatoms. The van der Waals surface area contributed by atoms with E-state index < -0.39 is 0 Å². The van der Waals surface area contributed by atoms with Gasteiger partial charge < -0.3 is 10.6 Å². The largest absolute Gasteiger partial charge is 0.366 e. The maximum absolute atomic E-state index is 11.5. The van der Waals surface area contributed by atoms with Crippen molar-refractivity contribution in [2.45, 2.75) is 6.54 Å². The van der Waals surface area contributed by atoms with E-state index in [0.29, 0.717) is 12.1 Å². The summed E-state index contributed by atoms with van der Waals surface area (Å²) >= 11 is 3.34. The average molecular weight is 320 g/mol. The normalized spacial score (nSPS) is 10.0. The number of nitrogens with one attached hydrogen (secondary N) is 2. The standard InChI is InChI=1S/C14H14BrN3O/c1-16-14(19)11-4-2-3-10(7-11)8-17-13-6-5-12(15)9-18-13/h2-7,9H,8H2,1H3,(H,16,19)(H,17,18). The van der Waals surface area contributed by atoms with Gasteiger partial charge in [-0.3, -0.25) is 4.79 Å². The van der Waals surface area contributed by atoms with Crippen molar-refractivity contribution in [2.24, 2.45) is 0 Å². The minimum atomic E-state index is -0.0800. The SMILES string of the molecule is CNC(=O)c1cccc(CNc2ccc(Br)cn2)c1. The summed E-state index contributed by atoms with van der Waals surface area (Å²) in [6.07, 6.45) is 1.74. The van der Waals surface area contributed by atoms with Gasteiger partial charge in [-0.2, -0.15) is 0 Å². The molecule has 2 rings (SSSR count). The van der Waals surface area contributed by atoms with Crippen LogP contribution in [0.25, 0.3) is 0 Å². The van der Waals surface area contributed by atoms with Crippen LogP contribution in [-0.2, 0) is 6.54 Å². The number of nitrogens with zero attached hydrogens (tertiary/aromatic N) is 1. The molecule has 1 aromatic heterocycles. The zero-order valence-electron chi connectivity index (χ0n) is 10.5. The van der Waals surface area contributed by atoms with E-state index in [1.54, 1.807) is 19.3 Å². The Morgan fingerprint density at radius 3 is 2.84 bits per heavy atom. The van der Waals surface area contributed by atoms with Crippen molar-refractivity contribution in [1.29, 1.82) is 0 Å². The van der Waals surface area contributed by atoms with E-state index in [2.05, 4.69) is 31.5 Å². The first-order chi connectivity index (χ1) is 9.19. The van der Waals surface area contributed by atoms with E-state index in [1.165, 1.54) is 0 Å².